The lowest BCUT2D eigenvalue weighted by Gasteiger charge is -2.12. The highest BCUT2D eigenvalue weighted by molar-refractivity contribution is 5.92. The molecule has 2 N–H and O–H groups in total. The van der Waals surface area contributed by atoms with Crippen molar-refractivity contribution in [2.45, 2.75) is 27.0 Å². The minimum absolute atomic E-state index is 0.0687. The van der Waals surface area contributed by atoms with Gasteiger partial charge in [-0.3, -0.25) is 14.4 Å². The Hall–Kier alpha value is -4.95. The summed E-state index contributed by atoms with van der Waals surface area (Å²) in [5, 5.41) is 16.0. The van der Waals surface area contributed by atoms with E-state index < -0.39 is 11.5 Å². The summed E-state index contributed by atoms with van der Waals surface area (Å²) in [5.74, 6) is -0.140. The summed E-state index contributed by atoms with van der Waals surface area (Å²) >= 11 is 0. The third-order valence-electron chi connectivity index (χ3n) is 5.59. The molecule has 0 aliphatic carbocycles. The number of pyridine rings is 1. The molecule has 1 aromatic heterocycles. The lowest BCUT2D eigenvalue weighted by molar-refractivity contribution is -0.121. The SMILES string of the molecule is COCc1cc(C)n(CC(=O)N/N=C/c2ccc(OCC(=O)Nc3ccc(C)cc3)c(OC)c2)c(=O)c1C#N. The number of nitriles is 1. The lowest BCUT2D eigenvalue weighted by Crippen LogP contribution is -2.33. The monoisotopic (exact) mass is 531 g/mol. The zero-order valence-electron chi connectivity index (χ0n) is 22.1. The Morgan fingerprint density at radius 1 is 1.05 bits per heavy atom. The molecule has 3 rings (SSSR count). The number of hydrogen-bond donors (Lipinski definition) is 2. The molecular formula is C28H29N5O6. The van der Waals surface area contributed by atoms with Crippen LogP contribution < -0.4 is 25.8 Å². The van der Waals surface area contributed by atoms with E-state index in [4.69, 9.17) is 14.2 Å². The van der Waals surface area contributed by atoms with Crippen LogP contribution in [-0.2, 0) is 27.5 Å². The Morgan fingerprint density at radius 2 is 1.79 bits per heavy atom. The molecule has 0 unspecified atom stereocenters. The first-order chi connectivity index (χ1) is 18.7. The van der Waals surface area contributed by atoms with Crippen LogP contribution in [0.1, 0.15) is 27.9 Å². The van der Waals surface area contributed by atoms with E-state index in [-0.39, 0.29) is 31.2 Å². The number of methoxy groups -OCH3 is 2. The minimum atomic E-state index is -0.573. The number of amides is 2. The van der Waals surface area contributed by atoms with E-state index in [0.29, 0.717) is 34.0 Å². The van der Waals surface area contributed by atoms with Gasteiger partial charge in [0.1, 0.15) is 18.2 Å². The number of benzene rings is 2. The molecule has 0 bridgehead atoms. The van der Waals surface area contributed by atoms with E-state index >= 15 is 0 Å². The van der Waals surface area contributed by atoms with E-state index in [2.05, 4.69) is 15.8 Å². The van der Waals surface area contributed by atoms with Crippen molar-refractivity contribution in [3.05, 3.63) is 86.8 Å². The normalized spacial score (nSPS) is 10.6. The predicted molar refractivity (Wildman–Crippen MR) is 145 cm³/mol. The van der Waals surface area contributed by atoms with E-state index in [1.54, 1.807) is 31.2 Å². The molecule has 3 aromatic rings. The van der Waals surface area contributed by atoms with Crippen molar-refractivity contribution in [1.82, 2.24) is 9.99 Å². The van der Waals surface area contributed by atoms with Crippen LogP contribution in [0, 0.1) is 25.2 Å². The quantitative estimate of drug-likeness (QED) is 0.286. The maximum atomic E-state index is 12.7. The third-order valence-corrected chi connectivity index (χ3v) is 5.59. The van der Waals surface area contributed by atoms with Crippen molar-refractivity contribution < 1.29 is 23.8 Å². The van der Waals surface area contributed by atoms with Crippen LogP contribution in [0.25, 0.3) is 0 Å². The molecule has 0 saturated carbocycles. The second-order valence-corrected chi connectivity index (χ2v) is 8.53. The van der Waals surface area contributed by atoms with Gasteiger partial charge >= 0.3 is 0 Å². The van der Waals surface area contributed by atoms with Crippen molar-refractivity contribution in [1.29, 1.82) is 5.26 Å². The molecule has 0 aliphatic rings. The Morgan fingerprint density at radius 3 is 2.46 bits per heavy atom. The first-order valence-corrected chi connectivity index (χ1v) is 11.9. The molecule has 0 spiro atoms. The van der Waals surface area contributed by atoms with E-state index in [1.165, 1.54) is 25.0 Å². The van der Waals surface area contributed by atoms with Crippen molar-refractivity contribution in [3.63, 3.8) is 0 Å². The fourth-order valence-corrected chi connectivity index (χ4v) is 3.64. The maximum absolute atomic E-state index is 12.7. The first-order valence-electron chi connectivity index (χ1n) is 11.9. The number of aromatic nitrogens is 1. The van der Waals surface area contributed by atoms with Crippen LogP contribution in [0.2, 0.25) is 0 Å². The van der Waals surface area contributed by atoms with Gasteiger partial charge in [-0.05, 0) is 55.8 Å². The summed E-state index contributed by atoms with van der Waals surface area (Å²) in [6, 6.07) is 15.9. The molecule has 11 nitrogen and oxygen atoms in total. The van der Waals surface area contributed by atoms with Gasteiger partial charge in [0.05, 0.1) is 19.9 Å². The number of rotatable bonds is 11. The summed E-state index contributed by atoms with van der Waals surface area (Å²) in [7, 11) is 2.93. The fraction of sp³-hybridized carbons (Fsp3) is 0.250. The highest BCUT2D eigenvalue weighted by atomic mass is 16.5. The number of carbonyl (C=O) groups is 2. The average molecular weight is 532 g/mol. The average Bonchev–Trinajstić information content (AvgIpc) is 2.91. The fourth-order valence-electron chi connectivity index (χ4n) is 3.64. The zero-order chi connectivity index (χ0) is 28.4. The molecule has 2 amide bonds. The van der Waals surface area contributed by atoms with Gasteiger partial charge in [0, 0.05) is 24.1 Å². The molecule has 0 atom stereocenters. The van der Waals surface area contributed by atoms with Gasteiger partial charge in [-0.25, -0.2) is 5.43 Å². The number of hydrogen-bond acceptors (Lipinski definition) is 8. The first kappa shape index (κ1) is 28.6. The number of nitrogens with zero attached hydrogens (tertiary/aromatic N) is 3. The van der Waals surface area contributed by atoms with Gasteiger partial charge in [-0.1, -0.05) is 17.7 Å². The molecule has 2 aromatic carbocycles. The summed E-state index contributed by atoms with van der Waals surface area (Å²) in [4.78, 5) is 37.3. The van der Waals surface area contributed by atoms with E-state index in [9.17, 15) is 19.6 Å². The number of hydrazone groups is 1. The molecule has 0 fully saturated rings. The third kappa shape index (κ3) is 7.77. The van der Waals surface area contributed by atoms with Crippen LogP contribution in [0.4, 0.5) is 5.69 Å². The number of nitrogens with one attached hydrogen (secondary N) is 2. The van der Waals surface area contributed by atoms with Crippen LogP contribution in [0.15, 0.2) is 58.4 Å². The lowest BCUT2D eigenvalue weighted by atomic mass is 10.1. The minimum Gasteiger partial charge on any atom is -0.493 e. The predicted octanol–water partition coefficient (Wildman–Crippen LogP) is 2.66. The summed E-state index contributed by atoms with van der Waals surface area (Å²) in [6.07, 6.45) is 1.40. The van der Waals surface area contributed by atoms with Crippen LogP contribution in [0.3, 0.4) is 0 Å². The number of aryl methyl sites for hydroxylation is 2. The Labute approximate surface area is 225 Å². The van der Waals surface area contributed by atoms with Gasteiger partial charge in [0.2, 0.25) is 0 Å². The Kier molecular flexibility index (Phi) is 9.94. The highest BCUT2D eigenvalue weighted by Crippen LogP contribution is 2.27. The Balaban J connectivity index is 1.59. The van der Waals surface area contributed by atoms with E-state index in [0.717, 1.165) is 5.56 Å². The summed E-state index contributed by atoms with van der Waals surface area (Å²) < 4.78 is 17.2. The molecule has 0 saturated heterocycles. The second-order valence-electron chi connectivity index (χ2n) is 8.53. The number of carbonyl (C=O) groups excluding carboxylic acids is 2. The van der Waals surface area contributed by atoms with Gasteiger partial charge < -0.3 is 24.1 Å². The highest BCUT2D eigenvalue weighted by Gasteiger charge is 2.15. The summed E-state index contributed by atoms with van der Waals surface area (Å²) in [6.45, 7) is 3.21. The number of anilines is 1. The Bertz CT molecular complexity index is 1470. The van der Waals surface area contributed by atoms with Gasteiger partial charge in [0.25, 0.3) is 17.4 Å². The largest absolute Gasteiger partial charge is 0.493 e. The van der Waals surface area contributed by atoms with Crippen LogP contribution >= 0.6 is 0 Å². The molecule has 0 aliphatic heterocycles. The van der Waals surface area contributed by atoms with Crippen molar-refractivity contribution in [2.75, 3.05) is 26.1 Å². The van der Waals surface area contributed by atoms with Gasteiger partial charge in [-0.2, -0.15) is 10.4 Å². The van der Waals surface area contributed by atoms with E-state index in [1.807, 2.05) is 37.3 Å². The standard InChI is InChI=1S/C28H29N5O6/c1-18-5-8-22(9-6-18)31-27(35)17-39-24-10-7-20(12-25(24)38-4)14-30-32-26(34)15-33-19(2)11-21(16-37-3)23(13-29)28(33)36/h5-12,14H,15-17H2,1-4H3,(H,31,35)(H,32,34)/b30-14+. The van der Waals surface area contributed by atoms with Crippen molar-refractivity contribution in [3.8, 4) is 17.6 Å². The van der Waals surface area contributed by atoms with Crippen molar-refractivity contribution in [2.24, 2.45) is 5.10 Å². The van der Waals surface area contributed by atoms with Gasteiger partial charge in [-0.15, -0.1) is 0 Å². The molecule has 11 heteroatoms. The molecular weight excluding hydrogens is 502 g/mol. The molecule has 202 valence electrons. The second kappa shape index (κ2) is 13.6. The molecule has 39 heavy (non-hydrogen) atoms. The molecule has 0 radical (unpaired) electrons. The maximum Gasteiger partial charge on any atom is 0.269 e. The smallest absolute Gasteiger partial charge is 0.269 e. The van der Waals surface area contributed by atoms with Crippen molar-refractivity contribution >= 4 is 23.7 Å². The van der Waals surface area contributed by atoms with Crippen LogP contribution in [0.5, 0.6) is 11.5 Å². The zero-order valence-corrected chi connectivity index (χ0v) is 22.1. The topological polar surface area (TPSA) is 144 Å². The number of ether oxygens (including phenoxy) is 3. The molecule has 1 heterocycles. The van der Waals surface area contributed by atoms with Crippen LogP contribution in [-0.4, -0.2) is 43.4 Å². The summed E-state index contributed by atoms with van der Waals surface area (Å²) in [5.41, 5.74) is 5.05. The van der Waals surface area contributed by atoms with Gasteiger partial charge in [0.15, 0.2) is 18.1 Å².